The van der Waals surface area contributed by atoms with Crippen molar-refractivity contribution < 1.29 is 19.1 Å². The Hall–Kier alpha value is -3.89. The maximum absolute atomic E-state index is 12.5. The highest BCUT2D eigenvalue weighted by Crippen LogP contribution is 2.30. The Morgan fingerprint density at radius 1 is 1.03 bits per heavy atom. The van der Waals surface area contributed by atoms with Crippen molar-refractivity contribution in [1.82, 2.24) is 0 Å². The first-order valence-electron chi connectivity index (χ1n) is 10.1. The molecule has 0 aliphatic carbocycles. The van der Waals surface area contributed by atoms with Gasteiger partial charge in [-0.1, -0.05) is 39.7 Å². The number of anilines is 1. The lowest BCUT2D eigenvalue weighted by Crippen LogP contribution is -2.13. The molecule has 0 atom stereocenters. The summed E-state index contributed by atoms with van der Waals surface area (Å²) in [6.07, 6.45) is 1.45. The minimum absolute atomic E-state index is 0.0789. The van der Waals surface area contributed by atoms with Gasteiger partial charge in [-0.15, -0.1) is 0 Å². The first kappa shape index (κ1) is 23.8. The molecule has 0 fully saturated rings. The number of nitriles is 1. The van der Waals surface area contributed by atoms with Gasteiger partial charge >= 0.3 is 5.97 Å². The first-order chi connectivity index (χ1) is 15.9. The van der Waals surface area contributed by atoms with Gasteiger partial charge in [0.2, 0.25) is 0 Å². The zero-order valence-corrected chi connectivity index (χ0v) is 19.7. The van der Waals surface area contributed by atoms with Crippen LogP contribution in [0.25, 0.3) is 6.08 Å². The van der Waals surface area contributed by atoms with Crippen LogP contribution in [0, 0.1) is 18.3 Å². The summed E-state index contributed by atoms with van der Waals surface area (Å²) in [7, 11) is 0. The van der Waals surface area contributed by atoms with Crippen LogP contribution in [0.5, 0.6) is 11.5 Å². The first-order valence-corrected chi connectivity index (χ1v) is 10.9. The number of halogens is 1. The molecule has 0 aromatic heterocycles. The van der Waals surface area contributed by atoms with Crippen molar-refractivity contribution in [2.45, 2.75) is 13.8 Å². The number of rotatable bonds is 7. The molecule has 166 valence electrons. The van der Waals surface area contributed by atoms with Gasteiger partial charge in [-0.05, 0) is 74.0 Å². The second-order valence-corrected chi connectivity index (χ2v) is 7.94. The molecular weight excluding hydrogens is 484 g/mol. The molecule has 0 aliphatic heterocycles. The molecule has 0 radical (unpaired) electrons. The quantitative estimate of drug-likeness (QED) is 0.186. The number of ether oxygens (including phenoxy) is 2. The van der Waals surface area contributed by atoms with Crippen LogP contribution in [-0.4, -0.2) is 18.5 Å². The standard InChI is InChI=1S/C26H21BrN2O4/c1-3-32-24-15-18(6-13-23(24)33-26(31)19-7-4-17(2)5-8-19)14-20(16-28)25(30)29-22-11-9-21(27)10-12-22/h4-15H,3H2,1-2H3,(H,29,30)/b20-14+. The lowest BCUT2D eigenvalue weighted by Gasteiger charge is -2.12. The van der Waals surface area contributed by atoms with E-state index in [4.69, 9.17) is 9.47 Å². The van der Waals surface area contributed by atoms with Gasteiger partial charge in [0.25, 0.3) is 5.91 Å². The monoisotopic (exact) mass is 504 g/mol. The molecule has 3 rings (SSSR count). The second kappa shape index (κ2) is 11.1. The highest BCUT2D eigenvalue weighted by molar-refractivity contribution is 9.10. The van der Waals surface area contributed by atoms with Crippen LogP contribution >= 0.6 is 15.9 Å². The molecule has 3 aromatic carbocycles. The lowest BCUT2D eigenvalue weighted by atomic mass is 10.1. The molecule has 0 unspecified atom stereocenters. The fourth-order valence-corrected chi connectivity index (χ4v) is 3.13. The van der Waals surface area contributed by atoms with E-state index < -0.39 is 11.9 Å². The van der Waals surface area contributed by atoms with E-state index in [-0.39, 0.29) is 11.3 Å². The Morgan fingerprint density at radius 3 is 2.36 bits per heavy atom. The second-order valence-electron chi connectivity index (χ2n) is 7.03. The number of amides is 1. The predicted molar refractivity (Wildman–Crippen MR) is 130 cm³/mol. The lowest BCUT2D eigenvalue weighted by molar-refractivity contribution is -0.112. The normalized spacial score (nSPS) is 10.8. The average molecular weight is 505 g/mol. The molecule has 1 amide bonds. The summed E-state index contributed by atoms with van der Waals surface area (Å²) in [4.78, 5) is 25.0. The van der Waals surface area contributed by atoms with Crippen LogP contribution in [-0.2, 0) is 4.79 Å². The number of hydrogen-bond donors (Lipinski definition) is 1. The number of benzene rings is 3. The molecule has 0 heterocycles. The fraction of sp³-hybridized carbons (Fsp3) is 0.115. The molecule has 0 aliphatic rings. The van der Waals surface area contributed by atoms with Gasteiger partial charge in [0.1, 0.15) is 11.6 Å². The van der Waals surface area contributed by atoms with Crippen LogP contribution in [0.1, 0.15) is 28.4 Å². The van der Waals surface area contributed by atoms with E-state index in [0.717, 1.165) is 10.0 Å². The van der Waals surface area contributed by atoms with E-state index in [0.29, 0.717) is 29.2 Å². The zero-order chi connectivity index (χ0) is 23.8. The highest BCUT2D eigenvalue weighted by atomic mass is 79.9. The van der Waals surface area contributed by atoms with Crippen molar-refractivity contribution in [1.29, 1.82) is 5.26 Å². The predicted octanol–water partition coefficient (Wildman–Crippen LogP) is 5.92. The molecule has 0 saturated carbocycles. The number of carbonyl (C=O) groups excluding carboxylic acids is 2. The average Bonchev–Trinajstić information content (AvgIpc) is 2.81. The van der Waals surface area contributed by atoms with E-state index in [1.165, 1.54) is 6.08 Å². The number of hydrogen-bond acceptors (Lipinski definition) is 5. The van der Waals surface area contributed by atoms with E-state index in [2.05, 4.69) is 21.2 Å². The molecule has 3 aromatic rings. The molecule has 0 spiro atoms. The number of nitrogens with one attached hydrogen (secondary N) is 1. The summed E-state index contributed by atoms with van der Waals surface area (Å²) >= 11 is 3.33. The Kier molecular flexibility index (Phi) is 8.01. The molecule has 33 heavy (non-hydrogen) atoms. The molecule has 0 bridgehead atoms. The third-order valence-corrected chi connectivity index (χ3v) is 5.06. The van der Waals surface area contributed by atoms with E-state index >= 15 is 0 Å². The third kappa shape index (κ3) is 6.55. The number of carbonyl (C=O) groups is 2. The van der Waals surface area contributed by atoms with E-state index in [1.54, 1.807) is 61.5 Å². The van der Waals surface area contributed by atoms with Crippen LogP contribution < -0.4 is 14.8 Å². The van der Waals surface area contributed by atoms with Gasteiger partial charge in [-0.25, -0.2) is 4.79 Å². The molecule has 0 saturated heterocycles. The van der Waals surface area contributed by atoms with Crippen molar-refractivity contribution in [3.8, 4) is 17.6 Å². The Bertz CT molecular complexity index is 1230. The number of esters is 1. The summed E-state index contributed by atoms with van der Waals surface area (Å²) in [6, 6.07) is 20.8. The summed E-state index contributed by atoms with van der Waals surface area (Å²) < 4.78 is 12.0. The zero-order valence-electron chi connectivity index (χ0n) is 18.1. The fourth-order valence-electron chi connectivity index (χ4n) is 2.86. The van der Waals surface area contributed by atoms with Gasteiger partial charge in [0, 0.05) is 10.2 Å². The van der Waals surface area contributed by atoms with Crippen LogP contribution in [0.2, 0.25) is 0 Å². The molecular formula is C26H21BrN2O4. The third-order valence-electron chi connectivity index (χ3n) is 4.54. The summed E-state index contributed by atoms with van der Waals surface area (Å²) in [5, 5.41) is 12.2. The summed E-state index contributed by atoms with van der Waals surface area (Å²) in [6.45, 7) is 4.08. The van der Waals surface area contributed by atoms with Gasteiger partial charge in [0.05, 0.1) is 12.2 Å². The van der Waals surface area contributed by atoms with Gasteiger partial charge < -0.3 is 14.8 Å². The van der Waals surface area contributed by atoms with Gasteiger partial charge in [0.15, 0.2) is 11.5 Å². The van der Waals surface area contributed by atoms with Gasteiger partial charge in [-0.3, -0.25) is 4.79 Å². The van der Waals surface area contributed by atoms with Crippen LogP contribution in [0.15, 0.2) is 76.8 Å². The maximum Gasteiger partial charge on any atom is 0.343 e. The van der Waals surface area contributed by atoms with Crippen LogP contribution in [0.4, 0.5) is 5.69 Å². The maximum atomic E-state index is 12.5. The smallest absolute Gasteiger partial charge is 0.343 e. The largest absolute Gasteiger partial charge is 0.490 e. The Morgan fingerprint density at radius 2 is 1.73 bits per heavy atom. The van der Waals surface area contributed by atoms with Crippen molar-refractivity contribution in [2.24, 2.45) is 0 Å². The van der Waals surface area contributed by atoms with Crippen molar-refractivity contribution in [3.05, 3.63) is 93.5 Å². The van der Waals surface area contributed by atoms with Crippen molar-refractivity contribution in [2.75, 3.05) is 11.9 Å². The molecule has 1 N–H and O–H groups in total. The highest BCUT2D eigenvalue weighted by Gasteiger charge is 2.15. The number of aryl methyl sites for hydroxylation is 1. The summed E-state index contributed by atoms with van der Waals surface area (Å²) in [5.41, 5.74) is 2.50. The minimum atomic E-state index is -0.535. The number of nitrogens with zero attached hydrogens (tertiary/aromatic N) is 1. The Labute approximate surface area is 200 Å². The topological polar surface area (TPSA) is 88.4 Å². The van der Waals surface area contributed by atoms with Crippen LogP contribution in [0.3, 0.4) is 0 Å². The SMILES string of the molecule is CCOc1cc(/C=C(\C#N)C(=O)Nc2ccc(Br)cc2)ccc1OC(=O)c1ccc(C)cc1. The molecule has 6 nitrogen and oxygen atoms in total. The minimum Gasteiger partial charge on any atom is -0.490 e. The molecule has 7 heteroatoms. The van der Waals surface area contributed by atoms with Crippen molar-refractivity contribution in [3.63, 3.8) is 0 Å². The van der Waals surface area contributed by atoms with Crippen molar-refractivity contribution >= 4 is 39.6 Å². The summed E-state index contributed by atoms with van der Waals surface area (Å²) in [5.74, 6) is -0.465. The van der Waals surface area contributed by atoms with Gasteiger partial charge in [-0.2, -0.15) is 5.26 Å². The van der Waals surface area contributed by atoms with E-state index in [1.807, 2.05) is 25.1 Å². The van der Waals surface area contributed by atoms with E-state index in [9.17, 15) is 14.9 Å². The Balaban J connectivity index is 1.81.